The summed E-state index contributed by atoms with van der Waals surface area (Å²) < 4.78 is 0. The van der Waals surface area contributed by atoms with Crippen LogP contribution in [0.5, 0.6) is 0 Å². The minimum absolute atomic E-state index is 0.532. The third kappa shape index (κ3) is 7.04. The lowest BCUT2D eigenvalue weighted by molar-refractivity contribution is 0.949. The minimum Gasteiger partial charge on any atom is -0.363 e. The van der Waals surface area contributed by atoms with Gasteiger partial charge in [0.1, 0.15) is 10.0 Å². The van der Waals surface area contributed by atoms with Gasteiger partial charge in [-0.25, -0.2) is 0 Å². The summed E-state index contributed by atoms with van der Waals surface area (Å²) in [6.07, 6.45) is 3.25. The number of hydrogen-bond donors (Lipinski definition) is 0. The molecule has 1 aliphatic rings. The summed E-state index contributed by atoms with van der Waals surface area (Å²) in [5.41, 5.74) is 6.17. The van der Waals surface area contributed by atoms with Crippen molar-refractivity contribution in [2.24, 2.45) is 30.7 Å². The zero-order valence-corrected chi connectivity index (χ0v) is 25.0. The second-order valence-electron chi connectivity index (χ2n) is 9.99. The van der Waals surface area contributed by atoms with Gasteiger partial charge in [0.25, 0.3) is 5.13 Å². The molecular formula is C31H29N9S2. The van der Waals surface area contributed by atoms with Gasteiger partial charge in [-0.05, 0) is 91.9 Å². The lowest BCUT2D eigenvalue weighted by Crippen LogP contribution is -2.15. The predicted molar refractivity (Wildman–Crippen MR) is 170 cm³/mol. The molecule has 0 aliphatic carbocycles. The van der Waals surface area contributed by atoms with E-state index in [-0.39, 0.29) is 0 Å². The first-order valence-corrected chi connectivity index (χ1v) is 15.4. The molecule has 5 aromatic rings. The van der Waals surface area contributed by atoms with E-state index in [1.165, 1.54) is 34.7 Å². The molecule has 2 aromatic heterocycles. The van der Waals surface area contributed by atoms with E-state index in [1.807, 2.05) is 74.5 Å². The normalized spacial score (nSPS) is 13.8. The first-order valence-electron chi connectivity index (χ1n) is 13.8. The summed E-state index contributed by atoms with van der Waals surface area (Å²) in [6, 6.07) is 25.9. The predicted octanol–water partition coefficient (Wildman–Crippen LogP) is 10.7. The van der Waals surface area contributed by atoms with E-state index in [0.29, 0.717) is 5.13 Å². The average molecular weight is 592 g/mol. The fourth-order valence-electron chi connectivity index (χ4n) is 4.55. The van der Waals surface area contributed by atoms with Crippen molar-refractivity contribution in [3.05, 3.63) is 101 Å². The van der Waals surface area contributed by atoms with E-state index in [0.717, 1.165) is 63.4 Å². The number of rotatable bonds is 9. The number of benzene rings is 3. The Morgan fingerprint density at radius 3 is 2.02 bits per heavy atom. The summed E-state index contributed by atoms with van der Waals surface area (Å²) in [5.74, 6) is 0. The average Bonchev–Trinajstić information content (AvgIpc) is 3.78. The van der Waals surface area contributed by atoms with E-state index in [2.05, 4.69) is 64.0 Å². The van der Waals surface area contributed by atoms with Gasteiger partial charge >= 0.3 is 0 Å². The molecule has 0 amide bonds. The maximum Gasteiger partial charge on any atom is 0.251 e. The molecule has 1 fully saturated rings. The summed E-state index contributed by atoms with van der Waals surface area (Å²) in [4.78, 5) is 2.41. The number of thiophene rings is 1. The van der Waals surface area contributed by atoms with Crippen LogP contribution in [0.1, 0.15) is 34.5 Å². The number of anilines is 1. The highest BCUT2D eigenvalue weighted by Gasteiger charge is 2.14. The molecule has 0 radical (unpaired) electrons. The van der Waals surface area contributed by atoms with Gasteiger partial charge in [-0.2, -0.15) is 10.2 Å². The van der Waals surface area contributed by atoms with Crippen molar-refractivity contribution in [3.8, 4) is 0 Å². The first kappa shape index (κ1) is 27.7. The second kappa shape index (κ2) is 13.0. The molecular weight excluding hydrogens is 563 g/mol. The Labute approximate surface area is 252 Å². The highest BCUT2D eigenvalue weighted by molar-refractivity contribution is 7.19. The van der Waals surface area contributed by atoms with Gasteiger partial charge in [-0.15, -0.1) is 30.7 Å². The van der Waals surface area contributed by atoms with Crippen LogP contribution in [-0.4, -0.2) is 23.3 Å². The Morgan fingerprint density at radius 1 is 0.667 bits per heavy atom. The summed E-state index contributed by atoms with van der Waals surface area (Å²) in [7, 11) is 0. The molecule has 0 bridgehead atoms. The van der Waals surface area contributed by atoms with Gasteiger partial charge < -0.3 is 4.90 Å². The summed E-state index contributed by atoms with van der Waals surface area (Å²) in [5, 5.41) is 38.5. The Morgan fingerprint density at radius 2 is 1.33 bits per heavy atom. The molecule has 210 valence electrons. The van der Waals surface area contributed by atoms with Crippen molar-refractivity contribution in [1.82, 2.24) is 10.2 Å². The summed E-state index contributed by atoms with van der Waals surface area (Å²) >= 11 is 3.12. The molecule has 0 spiro atoms. The van der Waals surface area contributed by atoms with Gasteiger partial charge in [-0.1, -0.05) is 53.0 Å². The topological polar surface area (TPSA) is 103 Å². The zero-order valence-electron chi connectivity index (χ0n) is 23.4. The van der Waals surface area contributed by atoms with Crippen molar-refractivity contribution in [2.45, 2.75) is 33.1 Å². The largest absolute Gasteiger partial charge is 0.363 e. The van der Waals surface area contributed by atoms with Crippen LogP contribution >= 0.6 is 22.7 Å². The maximum atomic E-state index is 4.46. The molecule has 3 aromatic carbocycles. The van der Waals surface area contributed by atoms with Crippen molar-refractivity contribution >= 4 is 60.6 Å². The van der Waals surface area contributed by atoms with Gasteiger partial charge in [0.15, 0.2) is 0 Å². The highest BCUT2D eigenvalue weighted by Crippen LogP contribution is 2.35. The molecule has 0 N–H and O–H groups in total. The van der Waals surface area contributed by atoms with Crippen molar-refractivity contribution in [3.63, 3.8) is 0 Å². The maximum absolute atomic E-state index is 4.46. The molecule has 3 heterocycles. The van der Waals surface area contributed by atoms with E-state index >= 15 is 0 Å². The van der Waals surface area contributed by atoms with Crippen LogP contribution in [0.15, 0.2) is 110 Å². The molecule has 0 atom stereocenters. The third-order valence-corrected chi connectivity index (χ3v) is 8.63. The first-order chi connectivity index (χ1) is 20.6. The second-order valence-corrected chi connectivity index (χ2v) is 12.1. The van der Waals surface area contributed by atoms with Gasteiger partial charge in [0, 0.05) is 19.5 Å². The quantitative estimate of drug-likeness (QED) is 0.159. The number of azo groups is 3. The fraction of sp³-hybridized carbons (Fsp3) is 0.226. The van der Waals surface area contributed by atoms with E-state index in [1.54, 1.807) is 11.3 Å². The highest BCUT2D eigenvalue weighted by atomic mass is 32.1. The molecule has 6 rings (SSSR count). The van der Waals surface area contributed by atoms with E-state index in [9.17, 15) is 0 Å². The van der Waals surface area contributed by atoms with Crippen LogP contribution in [0, 0.1) is 13.8 Å². The Hall–Kier alpha value is -4.48. The van der Waals surface area contributed by atoms with Crippen LogP contribution in [0.4, 0.5) is 37.9 Å². The summed E-state index contributed by atoms with van der Waals surface area (Å²) in [6.45, 7) is 6.23. The van der Waals surface area contributed by atoms with Crippen LogP contribution in [0.25, 0.3) is 0 Å². The number of aromatic nitrogens is 2. The van der Waals surface area contributed by atoms with Crippen molar-refractivity contribution in [1.29, 1.82) is 0 Å². The van der Waals surface area contributed by atoms with Gasteiger partial charge in [-0.3, -0.25) is 0 Å². The molecule has 1 saturated heterocycles. The molecule has 9 nitrogen and oxygen atoms in total. The molecule has 42 heavy (non-hydrogen) atoms. The molecule has 11 heteroatoms. The Kier molecular flexibility index (Phi) is 8.57. The smallest absolute Gasteiger partial charge is 0.251 e. The van der Waals surface area contributed by atoms with Crippen molar-refractivity contribution < 1.29 is 0 Å². The third-order valence-electron chi connectivity index (χ3n) is 6.79. The van der Waals surface area contributed by atoms with Crippen LogP contribution in [-0.2, 0) is 6.42 Å². The van der Waals surface area contributed by atoms with Crippen molar-refractivity contribution in [2.75, 3.05) is 18.0 Å². The van der Waals surface area contributed by atoms with Crippen LogP contribution < -0.4 is 4.90 Å². The van der Waals surface area contributed by atoms with E-state index < -0.39 is 0 Å². The van der Waals surface area contributed by atoms with Gasteiger partial charge in [0.2, 0.25) is 0 Å². The fourth-order valence-corrected chi connectivity index (χ4v) is 6.12. The lowest BCUT2D eigenvalue weighted by Gasteiger charge is -2.13. The molecule has 0 saturated carbocycles. The SMILES string of the molecule is Cc1cc(N=Nc2ccc(N3CCCC3)s2)ccc1N=Nc1ccc(N=Nc2nnc(Cc3ccccc3)s2)c(C)c1. The molecule has 1 aliphatic heterocycles. The number of hydrogen-bond acceptors (Lipinski definition) is 11. The number of aryl methyl sites for hydroxylation is 2. The molecule has 0 unspecified atom stereocenters. The van der Waals surface area contributed by atoms with Crippen LogP contribution in [0.3, 0.4) is 0 Å². The number of nitrogens with zero attached hydrogens (tertiary/aromatic N) is 9. The standard InChI is InChI=1S/C31H29N9S2/c1-21-19-25(33-36-28-14-15-30(41-28)40-16-6-7-17-40)11-12-26(21)34-32-24-10-13-27(22(2)18-24)35-38-31-39-37-29(42-31)20-23-8-4-3-5-9-23/h3-5,8-15,18-19H,6-7,16-17,20H2,1-2H3. The lowest BCUT2D eigenvalue weighted by atomic mass is 10.2. The van der Waals surface area contributed by atoms with E-state index in [4.69, 9.17) is 0 Å². The zero-order chi connectivity index (χ0) is 28.7. The minimum atomic E-state index is 0.532. The van der Waals surface area contributed by atoms with Crippen LogP contribution in [0.2, 0.25) is 0 Å². The monoisotopic (exact) mass is 591 g/mol. The Balaban J connectivity index is 1.06. The van der Waals surface area contributed by atoms with Gasteiger partial charge in [0.05, 0.1) is 27.8 Å². The Bertz CT molecular complexity index is 1750.